The summed E-state index contributed by atoms with van der Waals surface area (Å²) in [6.45, 7) is 13.6. The fourth-order valence-electron chi connectivity index (χ4n) is 2.10. The lowest BCUT2D eigenvalue weighted by atomic mass is 9.74. The van der Waals surface area contributed by atoms with Gasteiger partial charge in [0.05, 0.1) is 0 Å². The highest BCUT2D eigenvalue weighted by atomic mass is 16.6. The quantitative estimate of drug-likeness (QED) is 0.804. The zero-order valence-corrected chi connectivity index (χ0v) is 13.4. The third-order valence-corrected chi connectivity index (χ3v) is 3.37. The fraction of sp³-hybridized carbons (Fsp3) is 0.867. The van der Waals surface area contributed by atoms with Gasteiger partial charge < -0.3 is 10.1 Å². The van der Waals surface area contributed by atoms with Gasteiger partial charge in [-0.1, -0.05) is 27.7 Å². The Morgan fingerprint density at radius 1 is 1.11 bits per heavy atom. The summed E-state index contributed by atoms with van der Waals surface area (Å²) in [5.74, 6) is 0.175. The van der Waals surface area contributed by atoms with Crippen molar-refractivity contribution in [2.24, 2.45) is 11.3 Å². The minimum Gasteiger partial charge on any atom is -0.444 e. The van der Waals surface area contributed by atoms with Crippen LogP contribution in [0.25, 0.3) is 0 Å². The molecule has 0 rings (SSSR count). The highest BCUT2D eigenvalue weighted by Crippen LogP contribution is 2.30. The fourth-order valence-corrected chi connectivity index (χ4v) is 2.10. The van der Waals surface area contributed by atoms with Crippen molar-refractivity contribution in [2.45, 2.75) is 66.9 Å². The molecular weight excluding hydrogens is 242 g/mol. The Morgan fingerprint density at radius 2 is 1.58 bits per heavy atom. The Morgan fingerprint density at radius 3 is 1.89 bits per heavy atom. The molecule has 1 amide bonds. The lowest BCUT2D eigenvalue weighted by Crippen LogP contribution is -2.45. The average molecular weight is 271 g/mol. The SMILES string of the molecule is CCC(CC)(CNC(=O)OC(C)(C)C)C(=O)C(C)C. The van der Waals surface area contributed by atoms with E-state index in [1.807, 2.05) is 48.5 Å². The standard InChI is InChI=1S/C15H29NO3/c1-8-15(9-2,12(17)11(3)4)10-16-13(18)19-14(5,6)7/h11H,8-10H2,1-7H3,(H,16,18). The van der Waals surface area contributed by atoms with Crippen LogP contribution in [0.4, 0.5) is 4.79 Å². The summed E-state index contributed by atoms with van der Waals surface area (Å²) >= 11 is 0. The van der Waals surface area contributed by atoms with Crippen LogP contribution in [0, 0.1) is 11.3 Å². The van der Waals surface area contributed by atoms with Gasteiger partial charge in [-0.2, -0.15) is 0 Å². The molecule has 0 fully saturated rings. The predicted octanol–water partition coefficient (Wildman–Crippen LogP) is 3.54. The molecule has 0 heterocycles. The number of amides is 1. The van der Waals surface area contributed by atoms with Crippen molar-refractivity contribution >= 4 is 11.9 Å². The molecule has 0 radical (unpaired) electrons. The van der Waals surface area contributed by atoms with Gasteiger partial charge in [-0.25, -0.2) is 4.79 Å². The normalized spacial score (nSPS) is 12.4. The molecule has 0 aliphatic carbocycles. The smallest absolute Gasteiger partial charge is 0.407 e. The Balaban J connectivity index is 4.70. The highest BCUT2D eigenvalue weighted by Gasteiger charge is 2.36. The molecule has 4 heteroatoms. The first-order valence-corrected chi connectivity index (χ1v) is 7.09. The Hall–Kier alpha value is -1.06. The molecule has 0 atom stereocenters. The first kappa shape index (κ1) is 17.9. The van der Waals surface area contributed by atoms with Crippen LogP contribution < -0.4 is 5.32 Å². The van der Waals surface area contributed by atoms with Crippen LogP contribution in [0.1, 0.15) is 61.3 Å². The van der Waals surface area contributed by atoms with Gasteiger partial charge >= 0.3 is 6.09 Å². The summed E-state index contributed by atoms with van der Waals surface area (Å²) < 4.78 is 5.20. The number of ketones is 1. The average Bonchev–Trinajstić information content (AvgIpc) is 2.28. The van der Waals surface area contributed by atoms with E-state index >= 15 is 0 Å². The number of Topliss-reactive ketones (excluding diaryl/α,β-unsaturated/α-hetero) is 1. The van der Waals surface area contributed by atoms with Gasteiger partial charge in [0.1, 0.15) is 11.4 Å². The van der Waals surface area contributed by atoms with Crippen molar-refractivity contribution in [1.29, 1.82) is 0 Å². The molecule has 0 saturated heterocycles. The number of rotatable bonds is 6. The molecule has 0 aromatic heterocycles. The molecule has 0 aliphatic heterocycles. The van der Waals surface area contributed by atoms with Crippen molar-refractivity contribution in [1.82, 2.24) is 5.32 Å². The zero-order valence-electron chi connectivity index (χ0n) is 13.4. The molecule has 0 aliphatic rings. The van der Waals surface area contributed by atoms with E-state index < -0.39 is 17.1 Å². The van der Waals surface area contributed by atoms with Gasteiger partial charge in [-0.15, -0.1) is 0 Å². The van der Waals surface area contributed by atoms with Gasteiger partial charge in [0.25, 0.3) is 0 Å². The van der Waals surface area contributed by atoms with E-state index in [9.17, 15) is 9.59 Å². The van der Waals surface area contributed by atoms with Crippen LogP contribution in [0.15, 0.2) is 0 Å². The Kier molecular flexibility index (Phi) is 6.53. The van der Waals surface area contributed by atoms with Crippen LogP contribution in [-0.4, -0.2) is 24.0 Å². The second-order valence-electron chi connectivity index (χ2n) is 6.36. The van der Waals surface area contributed by atoms with Crippen molar-refractivity contribution < 1.29 is 14.3 Å². The summed E-state index contributed by atoms with van der Waals surface area (Å²) in [6.07, 6.45) is 0.974. The number of ether oxygens (including phenoxy) is 1. The highest BCUT2D eigenvalue weighted by molar-refractivity contribution is 5.87. The number of carbonyl (C=O) groups is 2. The molecule has 0 bridgehead atoms. The van der Waals surface area contributed by atoms with Gasteiger partial charge in [0.15, 0.2) is 0 Å². The van der Waals surface area contributed by atoms with E-state index in [1.54, 1.807) is 0 Å². The van der Waals surface area contributed by atoms with Crippen LogP contribution in [-0.2, 0) is 9.53 Å². The Labute approximate surface area is 117 Å². The third-order valence-electron chi connectivity index (χ3n) is 3.37. The maximum atomic E-state index is 12.3. The van der Waals surface area contributed by atoms with E-state index in [0.29, 0.717) is 6.54 Å². The maximum Gasteiger partial charge on any atom is 0.407 e. The van der Waals surface area contributed by atoms with E-state index in [2.05, 4.69) is 5.32 Å². The van der Waals surface area contributed by atoms with Crippen LogP contribution in [0.5, 0.6) is 0 Å². The number of hydrogen-bond donors (Lipinski definition) is 1. The molecule has 0 aromatic carbocycles. The summed E-state index contributed by atoms with van der Waals surface area (Å²) in [4.78, 5) is 24.0. The van der Waals surface area contributed by atoms with Gasteiger partial charge in [-0.3, -0.25) is 4.79 Å². The summed E-state index contributed by atoms with van der Waals surface area (Å²) in [5.41, 5.74) is -1.00. The second kappa shape index (κ2) is 6.92. The largest absolute Gasteiger partial charge is 0.444 e. The predicted molar refractivity (Wildman–Crippen MR) is 77.1 cm³/mol. The molecule has 0 unspecified atom stereocenters. The number of nitrogens with one attached hydrogen (secondary N) is 1. The summed E-state index contributed by atoms with van der Waals surface area (Å²) in [6, 6.07) is 0. The second-order valence-corrected chi connectivity index (χ2v) is 6.36. The lowest BCUT2D eigenvalue weighted by molar-refractivity contribution is -0.132. The van der Waals surface area contributed by atoms with E-state index in [4.69, 9.17) is 4.74 Å². The number of hydrogen-bond acceptors (Lipinski definition) is 3. The first-order chi connectivity index (χ1) is 8.58. The van der Waals surface area contributed by atoms with Gasteiger partial charge in [0, 0.05) is 17.9 Å². The van der Waals surface area contributed by atoms with Crippen LogP contribution in [0.3, 0.4) is 0 Å². The zero-order chi connectivity index (χ0) is 15.3. The van der Waals surface area contributed by atoms with Crippen LogP contribution in [0.2, 0.25) is 0 Å². The monoisotopic (exact) mass is 271 g/mol. The first-order valence-electron chi connectivity index (χ1n) is 7.09. The lowest BCUT2D eigenvalue weighted by Gasteiger charge is -2.32. The topological polar surface area (TPSA) is 55.4 Å². The molecule has 112 valence electrons. The van der Waals surface area contributed by atoms with Crippen molar-refractivity contribution in [3.63, 3.8) is 0 Å². The number of alkyl carbamates (subject to hydrolysis) is 1. The molecule has 4 nitrogen and oxygen atoms in total. The molecule has 0 spiro atoms. The molecule has 1 N–H and O–H groups in total. The maximum absolute atomic E-state index is 12.3. The van der Waals surface area contributed by atoms with E-state index in [0.717, 1.165) is 12.8 Å². The summed E-state index contributed by atoms with van der Waals surface area (Å²) in [7, 11) is 0. The van der Waals surface area contributed by atoms with Crippen molar-refractivity contribution in [3.8, 4) is 0 Å². The summed E-state index contributed by atoms with van der Waals surface area (Å²) in [5, 5.41) is 2.74. The molecule has 0 aromatic rings. The van der Waals surface area contributed by atoms with Crippen molar-refractivity contribution in [3.05, 3.63) is 0 Å². The van der Waals surface area contributed by atoms with Gasteiger partial charge in [0.2, 0.25) is 0 Å². The molecular formula is C15H29NO3. The molecule has 0 saturated carbocycles. The van der Waals surface area contributed by atoms with Gasteiger partial charge in [-0.05, 0) is 33.6 Å². The number of carbonyl (C=O) groups excluding carboxylic acids is 2. The van der Waals surface area contributed by atoms with E-state index in [1.165, 1.54) is 0 Å². The molecule has 19 heavy (non-hydrogen) atoms. The van der Waals surface area contributed by atoms with Crippen LogP contribution >= 0.6 is 0 Å². The van der Waals surface area contributed by atoms with E-state index in [-0.39, 0.29) is 11.7 Å². The Bertz CT molecular complexity index is 312. The van der Waals surface area contributed by atoms with Crippen molar-refractivity contribution in [2.75, 3.05) is 6.54 Å². The minimum absolute atomic E-state index is 0.0275. The third kappa shape index (κ3) is 5.62. The minimum atomic E-state index is -0.521.